The molecule has 0 saturated carbocycles. The van der Waals surface area contributed by atoms with E-state index in [0.29, 0.717) is 19.7 Å². The Morgan fingerprint density at radius 2 is 2.17 bits per heavy atom. The second-order valence-corrected chi connectivity index (χ2v) is 5.54. The van der Waals surface area contributed by atoms with Crippen LogP contribution in [0.4, 0.5) is 0 Å². The molecule has 2 unspecified atom stereocenters. The third-order valence-corrected chi connectivity index (χ3v) is 3.96. The fraction of sp³-hybridized carbons (Fsp3) is 0.412. The van der Waals surface area contributed by atoms with Gasteiger partial charge in [-0.25, -0.2) is 0 Å². The largest absolute Gasteiger partial charge is 0.486 e. The molecule has 0 aliphatic carbocycles. The molecule has 0 radical (unpaired) electrons. The maximum Gasteiger partial charge on any atom is 0.247 e. The first-order valence-corrected chi connectivity index (χ1v) is 7.85. The highest BCUT2D eigenvalue weighted by molar-refractivity contribution is 5.80. The maximum absolute atomic E-state index is 12.7. The highest BCUT2D eigenvalue weighted by Gasteiger charge is 2.27. The number of nitrogens with zero attached hydrogens (tertiary/aromatic N) is 3. The molecule has 1 aromatic carbocycles. The van der Waals surface area contributed by atoms with Crippen molar-refractivity contribution >= 4 is 5.91 Å². The quantitative estimate of drug-likeness (QED) is 0.848. The van der Waals surface area contributed by atoms with Gasteiger partial charge >= 0.3 is 0 Å². The average molecular weight is 315 g/mol. The van der Waals surface area contributed by atoms with Crippen molar-refractivity contribution in [2.75, 3.05) is 19.7 Å². The van der Waals surface area contributed by atoms with E-state index in [9.17, 15) is 4.79 Å². The summed E-state index contributed by atoms with van der Waals surface area (Å²) in [6, 6.07) is 9.07. The van der Waals surface area contributed by atoms with Crippen LogP contribution in [0, 0.1) is 0 Å². The van der Waals surface area contributed by atoms with Crippen LogP contribution in [0.1, 0.15) is 19.9 Å². The molecule has 2 aromatic rings. The number of benzene rings is 1. The van der Waals surface area contributed by atoms with E-state index in [1.54, 1.807) is 22.0 Å². The van der Waals surface area contributed by atoms with Crippen molar-refractivity contribution in [3.63, 3.8) is 0 Å². The molecule has 2 heterocycles. The van der Waals surface area contributed by atoms with Gasteiger partial charge in [0.2, 0.25) is 5.91 Å². The Balaban J connectivity index is 1.65. The van der Waals surface area contributed by atoms with Crippen molar-refractivity contribution in [1.82, 2.24) is 14.7 Å². The molecule has 3 rings (SSSR count). The van der Waals surface area contributed by atoms with Gasteiger partial charge in [0.05, 0.1) is 6.54 Å². The zero-order valence-electron chi connectivity index (χ0n) is 13.4. The molecule has 6 nitrogen and oxygen atoms in total. The summed E-state index contributed by atoms with van der Waals surface area (Å²) in [4.78, 5) is 14.4. The number of hydrogen-bond acceptors (Lipinski definition) is 4. The molecule has 0 spiro atoms. The van der Waals surface area contributed by atoms with Crippen molar-refractivity contribution in [2.45, 2.75) is 26.0 Å². The number of aromatic nitrogens is 2. The first-order valence-electron chi connectivity index (χ1n) is 7.85. The lowest BCUT2D eigenvalue weighted by Crippen LogP contribution is -2.45. The molecule has 6 heteroatoms. The Morgan fingerprint density at radius 1 is 1.39 bits per heavy atom. The van der Waals surface area contributed by atoms with E-state index >= 15 is 0 Å². The number of ether oxygens (including phenoxy) is 2. The second-order valence-electron chi connectivity index (χ2n) is 5.54. The molecule has 1 aliphatic heterocycles. The lowest BCUT2D eigenvalue weighted by atomic mass is 10.2. The Bertz CT molecular complexity index is 657. The van der Waals surface area contributed by atoms with Crippen LogP contribution in [0.3, 0.4) is 0 Å². The smallest absolute Gasteiger partial charge is 0.247 e. The van der Waals surface area contributed by atoms with Crippen molar-refractivity contribution in [3.05, 3.63) is 42.7 Å². The Labute approximate surface area is 135 Å². The molecule has 2 atom stereocenters. The number of carbonyl (C=O) groups is 1. The summed E-state index contributed by atoms with van der Waals surface area (Å²) in [7, 11) is 0. The minimum atomic E-state index is -0.332. The van der Waals surface area contributed by atoms with Crippen LogP contribution < -0.4 is 9.47 Å². The normalized spacial score (nSPS) is 17.6. The van der Waals surface area contributed by atoms with Gasteiger partial charge in [-0.2, -0.15) is 5.10 Å². The van der Waals surface area contributed by atoms with Gasteiger partial charge in [0.15, 0.2) is 17.6 Å². The summed E-state index contributed by atoms with van der Waals surface area (Å²) in [5.74, 6) is 1.51. The van der Waals surface area contributed by atoms with Gasteiger partial charge in [-0.1, -0.05) is 12.1 Å². The van der Waals surface area contributed by atoms with E-state index < -0.39 is 0 Å². The fourth-order valence-corrected chi connectivity index (χ4v) is 2.66. The molecule has 1 amide bonds. The van der Waals surface area contributed by atoms with Crippen LogP contribution in [0.2, 0.25) is 0 Å². The van der Waals surface area contributed by atoms with Crippen LogP contribution in [0.15, 0.2) is 42.7 Å². The van der Waals surface area contributed by atoms with Crippen molar-refractivity contribution in [2.24, 2.45) is 0 Å². The van der Waals surface area contributed by atoms with Crippen LogP contribution in [0.25, 0.3) is 0 Å². The van der Waals surface area contributed by atoms with Gasteiger partial charge in [-0.3, -0.25) is 9.48 Å². The molecular weight excluding hydrogens is 294 g/mol. The van der Waals surface area contributed by atoms with Crippen LogP contribution in [0.5, 0.6) is 11.5 Å². The van der Waals surface area contributed by atoms with Gasteiger partial charge in [0, 0.05) is 18.9 Å². The van der Waals surface area contributed by atoms with Gasteiger partial charge in [-0.05, 0) is 32.0 Å². The monoisotopic (exact) mass is 315 g/mol. The number of amides is 1. The zero-order valence-corrected chi connectivity index (χ0v) is 13.4. The molecule has 1 aliphatic rings. The van der Waals surface area contributed by atoms with Crippen molar-refractivity contribution < 1.29 is 14.3 Å². The summed E-state index contributed by atoms with van der Waals surface area (Å²) >= 11 is 0. The van der Waals surface area contributed by atoms with E-state index in [1.807, 2.05) is 44.2 Å². The summed E-state index contributed by atoms with van der Waals surface area (Å²) < 4.78 is 13.3. The lowest BCUT2D eigenvalue weighted by Gasteiger charge is -2.32. The number of rotatable bonds is 5. The minimum Gasteiger partial charge on any atom is -0.486 e. The number of para-hydroxylation sites is 2. The third kappa shape index (κ3) is 3.31. The van der Waals surface area contributed by atoms with Crippen molar-refractivity contribution in [3.8, 4) is 11.5 Å². The van der Waals surface area contributed by atoms with Crippen molar-refractivity contribution in [1.29, 1.82) is 0 Å². The molecule has 1 aromatic heterocycles. The highest BCUT2D eigenvalue weighted by Crippen LogP contribution is 2.31. The average Bonchev–Trinajstić information content (AvgIpc) is 3.13. The maximum atomic E-state index is 12.7. The summed E-state index contributed by atoms with van der Waals surface area (Å²) in [6.45, 7) is 5.37. The molecule has 0 saturated heterocycles. The fourth-order valence-electron chi connectivity index (χ4n) is 2.66. The number of carbonyl (C=O) groups excluding carboxylic acids is 1. The number of fused-ring (bicyclic) bond motifs is 1. The molecule has 122 valence electrons. The van der Waals surface area contributed by atoms with Crippen LogP contribution in [-0.2, 0) is 4.79 Å². The third-order valence-electron chi connectivity index (χ3n) is 3.96. The summed E-state index contributed by atoms with van der Waals surface area (Å²) in [5, 5.41) is 4.14. The molecule has 0 N–H and O–H groups in total. The molecular formula is C17H21N3O3. The lowest BCUT2D eigenvalue weighted by molar-refractivity contribution is -0.136. The van der Waals surface area contributed by atoms with Gasteiger partial charge in [0.1, 0.15) is 12.6 Å². The predicted molar refractivity (Wildman–Crippen MR) is 85.5 cm³/mol. The molecule has 0 bridgehead atoms. The van der Waals surface area contributed by atoms with E-state index in [-0.39, 0.29) is 18.1 Å². The Kier molecular flexibility index (Phi) is 4.50. The van der Waals surface area contributed by atoms with E-state index in [4.69, 9.17) is 9.47 Å². The van der Waals surface area contributed by atoms with Crippen LogP contribution in [-0.4, -0.2) is 46.4 Å². The van der Waals surface area contributed by atoms with Gasteiger partial charge < -0.3 is 14.4 Å². The van der Waals surface area contributed by atoms with E-state index in [1.165, 1.54) is 0 Å². The standard InChI is InChI=1S/C17H21N3O3/c1-3-19(17(21)13(2)20-10-6-9-18-20)11-14-12-22-15-7-4-5-8-16(15)23-14/h4-10,13-14H,3,11-12H2,1-2H3. The number of hydrogen-bond donors (Lipinski definition) is 0. The van der Waals surface area contributed by atoms with Gasteiger partial charge in [0.25, 0.3) is 0 Å². The van der Waals surface area contributed by atoms with Crippen LogP contribution >= 0.6 is 0 Å². The second kappa shape index (κ2) is 6.73. The number of likely N-dealkylation sites (N-methyl/N-ethyl adjacent to an activating group) is 1. The summed E-state index contributed by atoms with van der Waals surface area (Å²) in [5.41, 5.74) is 0. The highest BCUT2D eigenvalue weighted by atomic mass is 16.6. The van der Waals surface area contributed by atoms with E-state index in [2.05, 4.69) is 5.10 Å². The predicted octanol–water partition coefficient (Wildman–Crippen LogP) is 2.13. The first-order chi connectivity index (χ1) is 11.2. The van der Waals surface area contributed by atoms with E-state index in [0.717, 1.165) is 11.5 Å². The SMILES string of the molecule is CCN(CC1COc2ccccc2O1)C(=O)C(C)n1cccn1. The topological polar surface area (TPSA) is 56.6 Å². The summed E-state index contributed by atoms with van der Waals surface area (Å²) in [6.07, 6.45) is 3.31. The first kappa shape index (κ1) is 15.4. The Hall–Kier alpha value is -2.50. The molecule has 0 fully saturated rings. The zero-order chi connectivity index (χ0) is 16.2. The Morgan fingerprint density at radius 3 is 2.87 bits per heavy atom. The minimum absolute atomic E-state index is 0.0265. The molecule has 23 heavy (non-hydrogen) atoms. The van der Waals surface area contributed by atoms with Gasteiger partial charge in [-0.15, -0.1) is 0 Å².